The first-order valence-corrected chi connectivity index (χ1v) is 9.75. The Kier molecular flexibility index (Phi) is 5.40. The highest BCUT2D eigenvalue weighted by Gasteiger charge is 2.26. The molecule has 0 saturated heterocycles. The summed E-state index contributed by atoms with van der Waals surface area (Å²) in [4.78, 5) is 14.7. The van der Waals surface area contributed by atoms with Crippen LogP contribution in [0.25, 0.3) is 0 Å². The second-order valence-electron chi connectivity index (χ2n) is 6.04. The number of hydrogen-bond acceptors (Lipinski definition) is 6. The number of thioether (sulfide) groups is 1. The van der Waals surface area contributed by atoms with Crippen molar-refractivity contribution in [3.8, 4) is 5.19 Å². The van der Waals surface area contributed by atoms with Gasteiger partial charge in [-0.3, -0.25) is 4.79 Å². The zero-order chi connectivity index (χ0) is 17.1. The Labute approximate surface area is 150 Å². The van der Waals surface area contributed by atoms with Crippen LogP contribution in [0, 0.1) is 0 Å². The van der Waals surface area contributed by atoms with Gasteiger partial charge < -0.3 is 9.64 Å². The van der Waals surface area contributed by atoms with Gasteiger partial charge in [0.1, 0.15) is 0 Å². The Balaban J connectivity index is 1.60. The highest BCUT2D eigenvalue weighted by atomic mass is 32.2. The Bertz CT molecular complexity index is 717. The van der Waals surface area contributed by atoms with Crippen molar-refractivity contribution in [2.24, 2.45) is 0 Å². The van der Waals surface area contributed by atoms with Gasteiger partial charge in [-0.05, 0) is 49.7 Å². The molecule has 0 bridgehead atoms. The second-order valence-corrected chi connectivity index (χ2v) is 8.57. The average Bonchev–Trinajstić information content (AvgIpc) is 2.99. The van der Waals surface area contributed by atoms with Crippen molar-refractivity contribution in [2.75, 3.05) is 6.54 Å². The lowest BCUT2D eigenvalue weighted by molar-refractivity contribution is -0.131. The zero-order valence-electron chi connectivity index (χ0n) is 14.1. The average molecular weight is 364 g/mol. The molecule has 0 N–H and O–H groups in total. The molecule has 1 atom stereocenters. The van der Waals surface area contributed by atoms with Crippen LogP contribution >= 0.6 is 23.1 Å². The minimum Gasteiger partial charge on any atom is -0.466 e. The van der Waals surface area contributed by atoms with Crippen LogP contribution < -0.4 is 4.74 Å². The smallest absolute Gasteiger partial charge is 0.295 e. The van der Waals surface area contributed by atoms with E-state index in [-0.39, 0.29) is 17.3 Å². The van der Waals surface area contributed by atoms with Crippen molar-refractivity contribution >= 4 is 29.0 Å². The monoisotopic (exact) mass is 363 g/mol. The van der Waals surface area contributed by atoms with E-state index in [1.807, 2.05) is 31.7 Å². The van der Waals surface area contributed by atoms with Gasteiger partial charge in [0.15, 0.2) is 4.34 Å². The van der Waals surface area contributed by atoms with Crippen molar-refractivity contribution in [3.05, 3.63) is 35.4 Å². The molecule has 0 unspecified atom stereocenters. The highest BCUT2D eigenvalue weighted by Crippen LogP contribution is 2.32. The third-order valence-corrected chi connectivity index (χ3v) is 5.78. The van der Waals surface area contributed by atoms with Crippen molar-refractivity contribution in [3.63, 3.8) is 0 Å². The van der Waals surface area contributed by atoms with Crippen molar-refractivity contribution in [1.82, 2.24) is 15.1 Å². The molecule has 0 spiro atoms. The molecule has 1 aliphatic rings. The molecule has 1 aromatic carbocycles. The molecule has 7 heteroatoms. The molecule has 0 saturated carbocycles. The molecule has 128 valence electrons. The first kappa shape index (κ1) is 17.2. The molecule has 1 amide bonds. The quantitative estimate of drug-likeness (QED) is 0.762. The maximum atomic E-state index is 12.7. The van der Waals surface area contributed by atoms with Crippen LogP contribution in [0.5, 0.6) is 5.19 Å². The van der Waals surface area contributed by atoms with Crippen LogP contribution in [0.2, 0.25) is 0 Å². The lowest BCUT2D eigenvalue weighted by Crippen LogP contribution is -2.40. The van der Waals surface area contributed by atoms with Gasteiger partial charge in [0.2, 0.25) is 5.91 Å². The van der Waals surface area contributed by atoms with E-state index in [1.54, 1.807) is 0 Å². The molecular weight excluding hydrogens is 342 g/mol. The SMILES string of the molecule is CC(C)Oc1nnc(S[C@H](C)C(=O)N2CCc3ccccc3C2)s1. The fourth-order valence-electron chi connectivity index (χ4n) is 2.64. The minimum absolute atomic E-state index is 0.0725. The summed E-state index contributed by atoms with van der Waals surface area (Å²) in [6, 6.07) is 8.34. The van der Waals surface area contributed by atoms with Crippen LogP contribution in [-0.4, -0.2) is 38.9 Å². The number of aromatic nitrogens is 2. The van der Waals surface area contributed by atoms with E-state index in [2.05, 4.69) is 28.4 Å². The van der Waals surface area contributed by atoms with Gasteiger partial charge in [-0.15, -0.1) is 5.10 Å². The lowest BCUT2D eigenvalue weighted by Gasteiger charge is -2.30. The molecule has 24 heavy (non-hydrogen) atoms. The topological polar surface area (TPSA) is 55.3 Å². The molecule has 0 aliphatic carbocycles. The zero-order valence-corrected chi connectivity index (χ0v) is 15.7. The summed E-state index contributed by atoms with van der Waals surface area (Å²) in [6.45, 7) is 7.30. The number of ether oxygens (including phenoxy) is 1. The van der Waals surface area contributed by atoms with Gasteiger partial charge in [0.05, 0.1) is 11.4 Å². The van der Waals surface area contributed by atoms with Crippen LogP contribution in [0.4, 0.5) is 0 Å². The van der Waals surface area contributed by atoms with Crippen LogP contribution in [0.3, 0.4) is 0 Å². The van der Waals surface area contributed by atoms with Gasteiger partial charge >= 0.3 is 0 Å². The van der Waals surface area contributed by atoms with Gasteiger partial charge in [-0.2, -0.15) is 0 Å². The van der Waals surface area contributed by atoms with Crippen molar-refractivity contribution < 1.29 is 9.53 Å². The Morgan fingerprint density at radius 2 is 2.00 bits per heavy atom. The van der Waals surface area contributed by atoms with Crippen molar-refractivity contribution in [2.45, 2.75) is 49.4 Å². The first-order valence-electron chi connectivity index (χ1n) is 8.05. The number of rotatable bonds is 5. The molecule has 3 rings (SSSR count). The molecule has 0 fully saturated rings. The summed E-state index contributed by atoms with van der Waals surface area (Å²) in [6.07, 6.45) is 0.994. The molecule has 0 radical (unpaired) electrons. The molecule has 2 heterocycles. The van der Waals surface area contributed by atoms with Gasteiger partial charge in [-0.25, -0.2) is 0 Å². The number of carbonyl (C=O) groups is 1. The van der Waals surface area contributed by atoms with Gasteiger partial charge in [0.25, 0.3) is 5.19 Å². The summed E-state index contributed by atoms with van der Waals surface area (Å²) in [5, 5.41) is 8.49. The number of hydrogen-bond donors (Lipinski definition) is 0. The maximum absolute atomic E-state index is 12.7. The number of benzene rings is 1. The number of amides is 1. The number of fused-ring (bicyclic) bond motifs is 1. The third-order valence-electron chi connectivity index (χ3n) is 3.79. The molecular formula is C17H21N3O2S2. The maximum Gasteiger partial charge on any atom is 0.295 e. The molecule has 2 aromatic rings. The van der Waals surface area contributed by atoms with E-state index in [9.17, 15) is 4.79 Å². The van der Waals surface area contributed by atoms with E-state index < -0.39 is 0 Å². The Morgan fingerprint density at radius 3 is 2.75 bits per heavy atom. The van der Waals surface area contributed by atoms with Crippen LogP contribution in [0.15, 0.2) is 28.6 Å². The van der Waals surface area contributed by atoms with E-state index in [4.69, 9.17) is 4.74 Å². The van der Waals surface area contributed by atoms with Gasteiger partial charge in [-0.1, -0.05) is 41.1 Å². The fourth-order valence-corrected chi connectivity index (χ4v) is 4.67. The molecule has 1 aliphatic heterocycles. The highest BCUT2D eigenvalue weighted by molar-refractivity contribution is 8.02. The molecule has 1 aromatic heterocycles. The lowest BCUT2D eigenvalue weighted by atomic mass is 10.00. The summed E-state index contributed by atoms with van der Waals surface area (Å²) in [5.41, 5.74) is 2.60. The minimum atomic E-state index is -0.185. The Morgan fingerprint density at radius 1 is 1.25 bits per heavy atom. The van der Waals surface area contributed by atoms with E-state index in [0.29, 0.717) is 11.7 Å². The van der Waals surface area contributed by atoms with Crippen LogP contribution in [0.1, 0.15) is 31.9 Å². The largest absolute Gasteiger partial charge is 0.466 e. The Hall–Kier alpha value is -1.60. The number of carbonyl (C=O) groups excluding carboxylic acids is 1. The predicted molar refractivity (Wildman–Crippen MR) is 96.6 cm³/mol. The normalized spacial score (nSPS) is 15.2. The van der Waals surface area contributed by atoms with E-state index >= 15 is 0 Å². The third kappa shape index (κ3) is 4.08. The predicted octanol–water partition coefficient (Wildman–Crippen LogP) is 3.39. The van der Waals surface area contributed by atoms with E-state index in [0.717, 1.165) is 17.3 Å². The first-order chi connectivity index (χ1) is 11.5. The summed E-state index contributed by atoms with van der Waals surface area (Å²) >= 11 is 2.84. The van der Waals surface area contributed by atoms with Crippen molar-refractivity contribution in [1.29, 1.82) is 0 Å². The standard InChI is InChI=1S/C17H21N3O2S2/c1-11(2)22-16-18-19-17(24-16)23-12(3)15(21)20-9-8-13-6-4-5-7-14(13)10-20/h4-7,11-12H,8-10H2,1-3H3/t12-/m1/s1. The van der Waals surface area contributed by atoms with E-state index in [1.165, 1.54) is 34.2 Å². The summed E-state index contributed by atoms with van der Waals surface area (Å²) < 4.78 is 6.30. The number of nitrogens with zero attached hydrogens (tertiary/aromatic N) is 3. The summed E-state index contributed by atoms with van der Waals surface area (Å²) in [5.74, 6) is 0.149. The fraction of sp³-hybridized carbons (Fsp3) is 0.471. The van der Waals surface area contributed by atoms with Crippen LogP contribution in [-0.2, 0) is 17.8 Å². The second kappa shape index (κ2) is 7.53. The summed E-state index contributed by atoms with van der Waals surface area (Å²) in [7, 11) is 0. The van der Waals surface area contributed by atoms with Gasteiger partial charge in [0, 0.05) is 13.1 Å². The molecule has 5 nitrogen and oxygen atoms in total.